The Labute approximate surface area is 87.8 Å². The summed E-state index contributed by atoms with van der Waals surface area (Å²) in [7, 11) is 0. The summed E-state index contributed by atoms with van der Waals surface area (Å²) in [6, 6.07) is 0. The highest BCUT2D eigenvalue weighted by Gasteiger charge is 2.35. The lowest BCUT2D eigenvalue weighted by atomic mass is 9.86. The van der Waals surface area contributed by atoms with Gasteiger partial charge in [0.1, 0.15) is 0 Å². The van der Waals surface area contributed by atoms with E-state index in [0.29, 0.717) is 5.41 Å². The lowest BCUT2D eigenvalue weighted by Crippen LogP contribution is -2.40. The monoisotopic (exact) mass is 196 g/mol. The fraction of sp³-hybridized carbons (Fsp3) is 1.00. The van der Waals surface area contributed by atoms with Crippen molar-refractivity contribution < 1.29 is 0 Å². The summed E-state index contributed by atoms with van der Waals surface area (Å²) >= 11 is 0. The summed E-state index contributed by atoms with van der Waals surface area (Å²) in [6.07, 6.45) is 6.94. The van der Waals surface area contributed by atoms with Gasteiger partial charge in [-0.2, -0.15) is 0 Å². The Bertz CT molecular complexity index is 185. The van der Waals surface area contributed by atoms with Crippen LogP contribution in [-0.4, -0.2) is 31.1 Å². The molecule has 1 aliphatic carbocycles. The van der Waals surface area contributed by atoms with E-state index in [2.05, 4.69) is 11.8 Å². The number of likely N-dealkylation sites (tertiary alicyclic amines) is 1. The lowest BCUT2D eigenvalue weighted by Gasteiger charge is -2.32. The maximum Gasteiger partial charge on any atom is 0.00502 e. The van der Waals surface area contributed by atoms with Crippen molar-refractivity contribution in [3.05, 3.63) is 0 Å². The molecular weight excluding hydrogens is 172 g/mol. The molecule has 2 rings (SSSR count). The van der Waals surface area contributed by atoms with Crippen molar-refractivity contribution in [1.29, 1.82) is 0 Å². The van der Waals surface area contributed by atoms with Crippen LogP contribution in [0, 0.1) is 11.3 Å². The van der Waals surface area contributed by atoms with Gasteiger partial charge in [0.05, 0.1) is 0 Å². The van der Waals surface area contributed by atoms with Gasteiger partial charge in [-0.1, -0.05) is 19.8 Å². The maximum atomic E-state index is 5.95. The van der Waals surface area contributed by atoms with Gasteiger partial charge in [0.15, 0.2) is 0 Å². The van der Waals surface area contributed by atoms with Crippen LogP contribution in [0.1, 0.15) is 39.0 Å². The van der Waals surface area contributed by atoms with Crippen LogP contribution in [0.15, 0.2) is 0 Å². The fourth-order valence-electron chi connectivity index (χ4n) is 3.20. The fourth-order valence-corrected chi connectivity index (χ4v) is 3.20. The third-order valence-electron chi connectivity index (χ3n) is 4.16. The molecule has 82 valence electrons. The zero-order valence-electron chi connectivity index (χ0n) is 9.47. The molecular formula is C12H24N2. The van der Waals surface area contributed by atoms with Gasteiger partial charge >= 0.3 is 0 Å². The average Bonchev–Trinajstić information content (AvgIpc) is 2.77. The standard InChI is InChI=1S/C12H24N2/c1-11-4-7-14(8-11)10-12(9-13)5-2-3-6-12/h11H,2-10,13H2,1H3. The van der Waals surface area contributed by atoms with Crippen molar-refractivity contribution in [1.82, 2.24) is 4.90 Å². The highest BCUT2D eigenvalue weighted by molar-refractivity contribution is 4.90. The predicted octanol–water partition coefficient (Wildman–Crippen LogP) is 1.85. The van der Waals surface area contributed by atoms with Crippen LogP contribution in [0.5, 0.6) is 0 Å². The van der Waals surface area contributed by atoms with E-state index in [1.54, 1.807) is 0 Å². The van der Waals surface area contributed by atoms with Gasteiger partial charge in [-0.25, -0.2) is 0 Å². The number of hydrogen-bond acceptors (Lipinski definition) is 2. The molecule has 1 saturated heterocycles. The average molecular weight is 196 g/mol. The van der Waals surface area contributed by atoms with E-state index < -0.39 is 0 Å². The van der Waals surface area contributed by atoms with Crippen LogP contribution >= 0.6 is 0 Å². The summed E-state index contributed by atoms with van der Waals surface area (Å²) in [6.45, 7) is 7.15. The Hall–Kier alpha value is -0.0800. The van der Waals surface area contributed by atoms with Crippen LogP contribution in [0.25, 0.3) is 0 Å². The first-order valence-electron chi connectivity index (χ1n) is 6.16. The molecule has 1 unspecified atom stereocenters. The molecule has 2 fully saturated rings. The zero-order valence-corrected chi connectivity index (χ0v) is 9.47. The highest BCUT2D eigenvalue weighted by atomic mass is 15.2. The van der Waals surface area contributed by atoms with Gasteiger partial charge < -0.3 is 10.6 Å². The summed E-state index contributed by atoms with van der Waals surface area (Å²) in [5.41, 5.74) is 6.45. The van der Waals surface area contributed by atoms with Gasteiger partial charge in [-0.15, -0.1) is 0 Å². The van der Waals surface area contributed by atoms with Gasteiger partial charge in [-0.05, 0) is 43.7 Å². The lowest BCUT2D eigenvalue weighted by molar-refractivity contribution is 0.180. The summed E-state index contributed by atoms with van der Waals surface area (Å²) in [5, 5.41) is 0. The quantitative estimate of drug-likeness (QED) is 0.746. The molecule has 0 spiro atoms. The van der Waals surface area contributed by atoms with Crippen LogP contribution in [0.4, 0.5) is 0 Å². The molecule has 0 amide bonds. The SMILES string of the molecule is CC1CCN(CC2(CN)CCCC2)C1. The van der Waals surface area contributed by atoms with Gasteiger partial charge in [0.2, 0.25) is 0 Å². The topological polar surface area (TPSA) is 29.3 Å². The van der Waals surface area contributed by atoms with E-state index in [0.717, 1.165) is 12.5 Å². The van der Waals surface area contributed by atoms with E-state index in [4.69, 9.17) is 5.73 Å². The Kier molecular flexibility index (Phi) is 3.13. The number of rotatable bonds is 3. The molecule has 1 atom stereocenters. The van der Waals surface area contributed by atoms with Crippen molar-refractivity contribution in [2.24, 2.45) is 17.1 Å². The molecule has 2 nitrogen and oxygen atoms in total. The largest absolute Gasteiger partial charge is 0.330 e. The van der Waals surface area contributed by atoms with Crippen molar-refractivity contribution in [2.75, 3.05) is 26.2 Å². The zero-order chi connectivity index (χ0) is 10.0. The minimum absolute atomic E-state index is 0.490. The van der Waals surface area contributed by atoms with E-state index >= 15 is 0 Å². The molecule has 1 aliphatic heterocycles. The Balaban J connectivity index is 1.88. The Morgan fingerprint density at radius 3 is 2.57 bits per heavy atom. The molecule has 0 aromatic carbocycles. The first-order chi connectivity index (χ1) is 6.74. The third kappa shape index (κ3) is 2.12. The summed E-state index contributed by atoms with van der Waals surface area (Å²) in [4.78, 5) is 2.64. The molecule has 14 heavy (non-hydrogen) atoms. The molecule has 2 aliphatic rings. The molecule has 1 saturated carbocycles. The van der Waals surface area contributed by atoms with Gasteiger partial charge in [-0.3, -0.25) is 0 Å². The van der Waals surface area contributed by atoms with E-state index in [1.165, 1.54) is 51.7 Å². The molecule has 0 aromatic rings. The summed E-state index contributed by atoms with van der Waals surface area (Å²) in [5.74, 6) is 0.909. The van der Waals surface area contributed by atoms with Gasteiger partial charge in [0, 0.05) is 13.1 Å². The second-order valence-corrected chi connectivity index (χ2v) is 5.54. The molecule has 2 N–H and O–H groups in total. The molecule has 0 aromatic heterocycles. The number of hydrogen-bond donors (Lipinski definition) is 1. The number of nitrogens with two attached hydrogens (primary N) is 1. The van der Waals surface area contributed by atoms with Gasteiger partial charge in [0.25, 0.3) is 0 Å². The van der Waals surface area contributed by atoms with Crippen LogP contribution in [0.2, 0.25) is 0 Å². The van der Waals surface area contributed by atoms with Crippen molar-refractivity contribution >= 4 is 0 Å². The number of nitrogens with zero attached hydrogens (tertiary/aromatic N) is 1. The third-order valence-corrected chi connectivity index (χ3v) is 4.16. The smallest absolute Gasteiger partial charge is 0.00502 e. The minimum Gasteiger partial charge on any atom is -0.330 e. The first-order valence-corrected chi connectivity index (χ1v) is 6.16. The molecule has 0 bridgehead atoms. The van der Waals surface area contributed by atoms with Crippen molar-refractivity contribution in [3.63, 3.8) is 0 Å². The Morgan fingerprint density at radius 2 is 2.07 bits per heavy atom. The van der Waals surface area contributed by atoms with Crippen molar-refractivity contribution in [3.8, 4) is 0 Å². The molecule has 0 radical (unpaired) electrons. The van der Waals surface area contributed by atoms with Crippen LogP contribution in [-0.2, 0) is 0 Å². The van der Waals surface area contributed by atoms with E-state index in [-0.39, 0.29) is 0 Å². The normalized spacial score (nSPS) is 32.6. The van der Waals surface area contributed by atoms with Crippen LogP contribution in [0.3, 0.4) is 0 Å². The Morgan fingerprint density at radius 1 is 1.36 bits per heavy atom. The minimum atomic E-state index is 0.490. The van der Waals surface area contributed by atoms with E-state index in [9.17, 15) is 0 Å². The molecule has 2 heteroatoms. The van der Waals surface area contributed by atoms with Crippen molar-refractivity contribution in [2.45, 2.75) is 39.0 Å². The highest BCUT2D eigenvalue weighted by Crippen LogP contribution is 2.38. The first kappa shape index (κ1) is 10.4. The van der Waals surface area contributed by atoms with E-state index in [1.807, 2.05) is 0 Å². The second-order valence-electron chi connectivity index (χ2n) is 5.54. The second kappa shape index (κ2) is 4.19. The van der Waals surface area contributed by atoms with Crippen LogP contribution < -0.4 is 5.73 Å². The molecule has 1 heterocycles. The maximum absolute atomic E-state index is 5.95. The predicted molar refractivity (Wildman–Crippen MR) is 60.2 cm³/mol. The summed E-state index contributed by atoms with van der Waals surface area (Å²) < 4.78 is 0.